The Morgan fingerprint density at radius 3 is 1.33 bits per heavy atom. The molecular weight excluding hydrogens is 1410 g/mol. The van der Waals surface area contributed by atoms with Crippen molar-refractivity contribution in [3.05, 3.63) is 208 Å². The van der Waals surface area contributed by atoms with Crippen LogP contribution in [0.15, 0.2) is 107 Å². The number of hydrogen-bond acceptors (Lipinski definition) is 30. The zero-order valence-electron chi connectivity index (χ0n) is 63.4. The number of rotatable bonds is 15. The van der Waals surface area contributed by atoms with Crippen LogP contribution in [0.2, 0.25) is 5.15 Å². The highest BCUT2D eigenvalue weighted by Gasteiger charge is 2.31. The number of aromatic nitrogens is 16. The summed E-state index contributed by atoms with van der Waals surface area (Å²) in [5.74, 6) is 2.03. The molecule has 35 heteroatoms. The monoisotopic (exact) mass is 1500 g/mol. The zero-order valence-corrected chi connectivity index (χ0v) is 64.1. The van der Waals surface area contributed by atoms with Gasteiger partial charge < -0.3 is 70.0 Å². The van der Waals surface area contributed by atoms with Gasteiger partial charge >= 0.3 is 17.9 Å². The van der Waals surface area contributed by atoms with Crippen LogP contribution in [-0.4, -0.2) is 200 Å². The van der Waals surface area contributed by atoms with Crippen LogP contribution in [0.1, 0.15) is 139 Å². The summed E-state index contributed by atoms with van der Waals surface area (Å²) in [5.41, 5.74) is 12.7. The van der Waals surface area contributed by atoms with Crippen molar-refractivity contribution in [2.45, 2.75) is 128 Å². The van der Waals surface area contributed by atoms with E-state index in [4.69, 9.17) is 31.5 Å². The number of ether oxygens (including phenoxy) is 3. The lowest BCUT2D eigenvalue weighted by Gasteiger charge is -2.41. The Morgan fingerprint density at radius 1 is 0.500 bits per heavy atom. The van der Waals surface area contributed by atoms with E-state index in [1.807, 2.05) is 65.8 Å². The minimum atomic E-state index is -0.564. The van der Waals surface area contributed by atoms with Crippen molar-refractivity contribution in [1.29, 1.82) is 0 Å². The summed E-state index contributed by atoms with van der Waals surface area (Å²) in [4.78, 5) is 155. The number of aromatic amines is 3. The first-order chi connectivity index (χ1) is 51.8. The van der Waals surface area contributed by atoms with Gasteiger partial charge in [-0.15, -0.1) is 0 Å². The van der Waals surface area contributed by atoms with Crippen molar-refractivity contribution in [2.75, 3.05) is 103 Å². The van der Waals surface area contributed by atoms with Gasteiger partial charge in [-0.1, -0.05) is 11.6 Å². The van der Waals surface area contributed by atoms with Crippen LogP contribution in [0, 0.1) is 55.4 Å². The molecule has 0 saturated carbocycles. The first kappa shape index (κ1) is 83.6. The molecule has 3 fully saturated rings. The number of hydrogen-bond donors (Lipinski definition) is 6. The van der Waals surface area contributed by atoms with E-state index in [9.17, 15) is 33.6 Å². The number of aryl methyl sites for hydroxylation is 4. The van der Waals surface area contributed by atoms with Gasteiger partial charge in [0.1, 0.15) is 41.5 Å². The number of nitrogens with two attached hydrogens (primary N) is 1. The van der Waals surface area contributed by atoms with Crippen LogP contribution in [0.5, 0.6) is 0 Å². The zero-order chi connectivity index (χ0) is 78.6. The molecule has 0 aromatic carbocycles. The lowest BCUT2D eigenvalue weighted by Crippen LogP contribution is -2.53. The molecule has 3 aliphatic heterocycles. The SMILES string of the molecule is CCOC(=O)c1nc[nH]c(=O)c1C.CCOC(=O)c1ncnc(Cl)c1C.CCOC(=O)c1ncnc(N2CCN(c3ncccn3)C[C@@H]2C)c1C.C[C@H]1CN(c2ncccn2)CCN1.Cc1cc(C)c(CN)c(=O)[nH]1.Cc1cc(C)c(CNC(=O)c2ncnc(N3CCN(c4ncccn4)C[C@@H]3C)c2C)c(=O)[nH]1. The van der Waals surface area contributed by atoms with Crippen LogP contribution < -0.4 is 57.5 Å². The maximum absolute atomic E-state index is 12.9. The van der Waals surface area contributed by atoms with Gasteiger partial charge in [0.05, 0.1) is 26.1 Å². The fraction of sp³-hybridized carbons (Fsp3) is 0.425. The molecule has 0 spiro atoms. The average molecular weight is 1500 g/mol. The van der Waals surface area contributed by atoms with Gasteiger partial charge in [0.15, 0.2) is 17.1 Å². The van der Waals surface area contributed by atoms with Crippen LogP contribution >= 0.6 is 11.6 Å². The van der Waals surface area contributed by atoms with Crippen molar-refractivity contribution in [1.82, 2.24) is 90.4 Å². The number of anilines is 5. The molecule has 0 unspecified atom stereocenters. The molecule has 12 heterocycles. The molecule has 0 bridgehead atoms. The smallest absolute Gasteiger partial charge is 0.357 e. The molecule has 3 saturated heterocycles. The number of pyridine rings is 2. The molecule has 3 atom stereocenters. The number of carbonyl (C=O) groups is 4. The van der Waals surface area contributed by atoms with E-state index < -0.39 is 17.9 Å². The van der Waals surface area contributed by atoms with E-state index in [1.165, 1.54) is 32.2 Å². The first-order valence-corrected chi connectivity index (χ1v) is 35.5. The molecule has 108 heavy (non-hydrogen) atoms. The second kappa shape index (κ2) is 41.3. The average Bonchev–Trinajstić information content (AvgIpc) is 0.797. The third kappa shape index (κ3) is 23.2. The van der Waals surface area contributed by atoms with Crippen molar-refractivity contribution >= 4 is 64.9 Å². The largest absolute Gasteiger partial charge is 0.461 e. The lowest BCUT2D eigenvalue weighted by atomic mass is 10.1. The van der Waals surface area contributed by atoms with Crippen molar-refractivity contribution in [3.8, 4) is 0 Å². The third-order valence-electron chi connectivity index (χ3n) is 17.1. The molecule has 9 aromatic rings. The number of H-pyrrole nitrogens is 3. The molecular formula is C73H95ClN24O10. The van der Waals surface area contributed by atoms with E-state index in [-0.39, 0.29) is 69.9 Å². The Kier molecular flexibility index (Phi) is 32.0. The Hall–Kier alpha value is -11.7. The van der Waals surface area contributed by atoms with Crippen LogP contribution in [0.3, 0.4) is 0 Å². The maximum atomic E-state index is 12.9. The number of esters is 3. The molecule has 34 nitrogen and oxygen atoms in total. The molecule has 0 aliphatic carbocycles. The molecule has 574 valence electrons. The van der Waals surface area contributed by atoms with Gasteiger partial charge in [-0.3, -0.25) is 19.2 Å². The van der Waals surface area contributed by atoms with Crippen molar-refractivity contribution in [3.63, 3.8) is 0 Å². The van der Waals surface area contributed by atoms with E-state index in [0.29, 0.717) is 65.4 Å². The Bertz CT molecular complexity index is 4640. The van der Waals surface area contributed by atoms with Gasteiger partial charge in [0.25, 0.3) is 22.6 Å². The summed E-state index contributed by atoms with van der Waals surface area (Å²) in [6, 6.07) is 10.1. The van der Waals surface area contributed by atoms with Gasteiger partial charge in [-0.2, -0.15) is 0 Å². The minimum absolute atomic E-state index is 0.0648. The summed E-state index contributed by atoms with van der Waals surface area (Å²) in [7, 11) is 0. The second-order valence-corrected chi connectivity index (χ2v) is 25.4. The molecule has 0 radical (unpaired) electrons. The van der Waals surface area contributed by atoms with Crippen molar-refractivity contribution < 1.29 is 33.4 Å². The maximum Gasteiger partial charge on any atom is 0.357 e. The third-order valence-corrected chi connectivity index (χ3v) is 17.5. The number of nitrogens with one attached hydrogen (secondary N) is 5. The molecule has 9 aromatic heterocycles. The Labute approximate surface area is 630 Å². The van der Waals surface area contributed by atoms with E-state index >= 15 is 0 Å². The predicted molar refractivity (Wildman–Crippen MR) is 409 cm³/mol. The van der Waals surface area contributed by atoms with Gasteiger partial charge in [0.2, 0.25) is 17.8 Å². The number of halogens is 1. The summed E-state index contributed by atoms with van der Waals surface area (Å²) in [5, 5.41) is 6.50. The second-order valence-electron chi connectivity index (χ2n) is 25.0. The van der Waals surface area contributed by atoms with Gasteiger partial charge in [-0.05, 0) is 138 Å². The normalized spacial score (nSPS) is 15.1. The Morgan fingerprint density at radius 2 is 0.907 bits per heavy atom. The highest BCUT2D eigenvalue weighted by Crippen LogP contribution is 2.27. The van der Waals surface area contributed by atoms with Crippen LogP contribution in [0.25, 0.3) is 0 Å². The highest BCUT2D eigenvalue weighted by atomic mass is 35.5. The molecule has 3 aliphatic rings. The van der Waals surface area contributed by atoms with Gasteiger partial charge in [0, 0.05) is 172 Å². The fourth-order valence-electron chi connectivity index (χ4n) is 11.7. The summed E-state index contributed by atoms with van der Waals surface area (Å²) < 4.78 is 14.6. The van der Waals surface area contributed by atoms with Gasteiger partial charge in [-0.25, -0.2) is 79.2 Å². The quantitative estimate of drug-likeness (QED) is 0.0414. The van der Waals surface area contributed by atoms with Crippen molar-refractivity contribution in [2.24, 2.45) is 5.73 Å². The number of carbonyl (C=O) groups excluding carboxylic acids is 4. The summed E-state index contributed by atoms with van der Waals surface area (Å²) in [6.07, 6.45) is 15.8. The molecule has 12 rings (SSSR count). The van der Waals surface area contributed by atoms with Crippen LogP contribution in [0.4, 0.5) is 29.5 Å². The Balaban J connectivity index is 0.000000191. The predicted octanol–water partition coefficient (Wildman–Crippen LogP) is 5.59. The summed E-state index contributed by atoms with van der Waals surface area (Å²) >= 11 is 5.70. The summed E-state index contributed by atoms with van der Waals surface area (Å²) in [6.45, 7) is 34.9. The van der Waals surface area contributed by atoms with E-state index in [2.05, 4.69) is 136 Å². The lowest BCUT2D eigenvalue weighted by molar-refractivity contribution is 0.0508. The number of amides is 1. The highest BCUT2D eigenvalue weighted by molar-refractivity contribution is 6.30. The van der Waals surface area contributed by atoms with Crippen LogP contribution in [-0.2, 0) is 27.3 Å². The fourth-order valence-corrected chi connectivity index (χ4v) is 11.8. The van der Waals surface area contributed by atoms with E-state index in [1.54, 1.807) is 70.9 Å². The standard InChI is InChI=1S/C23H28N8O2.C17H22N6O2.C9H14N4.C8H9ClN2O2.C8H10N2O3.C8H12N2O/c1-14-10-15(2)29-21(32)18(14)11-26-22(33)19-17(4)20(28-13-27-19)31-9-8-30(12-16(31)3)23-24-6-5-7-25-23;1-4-25-16(24)14-13(3)15(21-11-20-14)23-9-8-22(10-12(23)2)17-18-6-5-7-19-17;1-8-7-13(6-5-10-8)9-11-3-2-4-12-9;1-3-13-8(12)6-5(2)7(9)11-4-10-6;1-3-13-8(12)6-5(2)7(11)10-4-9-6;1-5-3-6(2)10-8(11)7(5)4-9/h5-7,10,13,16H,8-9,11-12H2,1-4H3,(H,26,33)(H,29,32);5-7,11-12H,4,8-10H2,1-3H3;2-4,8,10H,5-7H2,1H3;4H,3H2,1-2H3;4H,3H2,1-2H3,(H,9,10,11);3H,4,9H2,1-2H3,(H,10,11)/t16-;12-;8-;;;/m000.../s1. The number of piperazine rings is 3. The molecule has 7 N–H and O–H groups in total. The first-order valence-electron chi connectivity index (χ1n) is 35.2. The molecule has 1 amide bonds. The van der Waals surface area contributed by atoms with E-state index in [0.717, 1.165) is 111 Å². The minimum Gasteiger partial charge on any atom is -0.461 e. The number of nitrogens with zero attached hydrogens (tertiary/aromatic N) is 18. The topological polar surface area (TPSA) is 428 Å².